The third-order valence-electron chi connectivity index (χ3n) is 3.22. The number of aliphatic hydroxyl groups excluding tert-OH is 1. The maximum absolute atomic E-state index is 11.8. The number of hydrogen-bond donors (Lipinski definition) is 1. The zero-order valence-corrected chi connectivity index (χ0v) is 10.9. The standard InChI is InChI=1S/C13H24O4/c1-3-5-7-10(13(15)16-4-2)12(14)11-8-6-9-17-11/h10-12,14H,3-9H2,1-2H3/t10-,11-,12-/m0/s1. The van der Waals surface area contributed by atoms with Gasteiger partial charge in [-0.15, -0.1) is 0 Å². The summed E-state index contributed by atoms with van der Waals surface area (Å²) in [5.41, 5.74) is 0. The molecule has 1 rings (SSSR count). The average molecular weight is 244 g/mol. The van der Waals surface area contributed by atoms with Crippen molar-refractivity contribution < 1.29 is 19.4 Å². The van der Waals surface area contributed by atoms with Crippen LogP contribution in [0.1, 0.15) is 46.0 Å². The molecule has 3 atom stereocenters. The molecule has 4 nitrogen and oxygen atoms in total. The molecule has 100 valence electrons. The summed E-state index contributed by atoms with van der Waals surface area (Å²) in [6, 6.07) is 0. The Hall–Kier alpha value is -0.610. The number of ether oxygens (including phenoxy) is 2. The van der Waals surface area contributed by atoms with Gasteiger partial charge in [-0.3, -0.25) is 4.79 Å². The maximum Gasteiger partial charge on any atom is 0.311 e. The van der Waals surface area contributed by atoms with Crippen LogP contribution in [0, 0.1) is 5.92 Å². The molecule has 0 aromatic carbocycles. The molecule has 1 aliphatic heterocycles. The van der Waals surface area contributed by atoms with Gasteiger partial charge < -0.3 is 14.6 Å². The van der Waals surface area contributed by atoms with Crippen LogP contribution in [0.25, 0.3) is 0 Å². The van der Waals surface area contributed by atoms with Crippen molar-refractivity contribution >= 4 is 5.97 Å². The molecule has 0 unspecified atom stereocenters. The summed E-state index contributed by atoms with van der Waals surface area (Å²) < 4.78 is 10.5. The Morgan fingerprint density at radius 2 is 2.29 bits per heavy atom. The molecule has 0 amide bonds. The van der Waals surface area contributed by atoms with E-state index in [1.807, 2.05) is 0 Å². The van der Waals surface area contributed by atoms with Crippen molar-refractivity contribution in [1.29, 1.82) is 0 Å². The van der Waals surface area contributed by atoms with E-state index < -0.39 is 12.0 Å². The van der Waals surface area contributed by atoms with Crippen LogP contribution < -0.4 is 0 Å². The van der Waals surface area contributed by atoms with Crippen LogP contribution in [-0.4, -0.2) is 36.5 Å². The van der Waals surface area contributed by atoms with Gasteiger partial charge in [0.25, 0.3) is 0 Å². The van der Waals surface area contributed by atoms with E-state index in [1.54, 1.807) is 6.92 Å². The summed E-state index contributed by atoms with van der Waals surface area (Å²) in [5.74, 6) is -0.720. The highest BCUT2D eigenvalue weighted by molar-refractivity contribution is 5.73. The number of carbonyl (C=O) groups excluding carboxylic acids is 1. The van der Waals surface area contributed by atoms with Crippen molar-refractivity contribution in [3.8, 4) is 0 Å². The van der Waals surface area contributed by atoms with Crippen molar-refractivity contribution in [2.24, 2.45) is 5.92 Å². The van der Waals surface area contributed by atoms with Crippen LogP contribution in [-0.2, 0) is 14.3 Å². The highest BCUT2D eigenvalue weighted by atomic mass is 16.5. The van der Waals surface area contributed by atoms with Gasteiger partial charge in [0.05, 0.1) is 24.7 Å². The Kier molecular flexibility index (Phi) is 6.52. The molecule has 0 saturated carbocycles. The zero-order valence-electron chi connectivity index (χ0n) is 10.9. The van der Waals surface area contributed by atoms with E-state index in [-0.39, 0.29) is 12.1 Å². The van der Waals surface area contributed by atoms with E-state index in [0.717, 1.165) is 25.7 Å². The van der Waals surface area contributed by atoms with E-state index >= 15 is 0 Å². The summed E-state index contributed by atoms with van der Waals surface area (Å²) in [6.07, 6.45) is 3.50. The number of unbranched alkanes of at least 4 members (excludes halogenated alkanes) is 1. The molecule has 0 bridgehead atoms. The molecule has 1 heterocycles. The molecular weight excluding hydrogens is 220 g/mol. The van der Waals surface area contributed by atoms with E-state index in [0.29, 0.717) is 19.6 Å². The number of hydrogen-bond acceptors (Lipinski definition) is 4. The average Bonchev–Trinajstić information content (AvgIpc) is 2.83. The minimum atomic E-state index is -0.719. The molecule has 0 radical (unpaired) electrons. The van der Waals surface area contributed by atoms with Crippen LogP contribution in [0.3, 0.4) is 0 Å². The number of esters is 1. The Morgan fingerprint density at radius 1 is 1.53 bits per heavy atom. The number of carbonyl (C=O) groups is 1. The SMILES string of the molecule is CCCC[C@H](C(=O)OCC)[C@H](O)[C@@H]1CCCO1. The first-order valence-corrected chi connectivity index (χ1v) is 6.67. The Labute approximate surface area is 103 Å². The normalized spacial score (nSPS) is 23.4. The lowest BCUT2D eigenvalue weighted by molar-refractivity contribution is -0.156. The Morgan fingerprint density at radius 3 is 2.82 bits per heavy atom. The van der Waals surface area contributed by atoms with Gasteiger partial charge in [-0.05, 0) is 26.2 Å². The van der Waals surface area contributed by atoms with Gasteiger partial charge in [0.15, 0.2) is 0 Å². The molecule has 0 spiro atoms. The van der Waals surface area contributed by atoms with Crippen LogP contribution >= 0.6 is 0 Å². The van der Waals surface area contributed by atoms with Crippen molar-refractivity contribution in [3.63, 3.8) is 0 Å². The maximum atomic E-state index is 11.8. The van der Waals surface area contributed by atoms with Gasteiger partial charge in [-0.1, -0.05) is 19.8 Å². The third kappa shape index (κ3) is 4.28. The van der Waals surface area contributed by atoms with Crippen molar-refractivity contribution in [3.05, 3.63) is 0 Å². The van der Waals surface area contributed by atoms with Gasteiger partial charge in [-0.25, -0.2) is 0 Å². The van der Waals surface area contributed by atoms with Gasteiger partial charge in [0.2, 0.25) is 0 Å². The molecule has 17 heavy (non-hydrogen) atoms. The summed E-state index contributed by atoms with van der Waals surface area (Å²) in [7, 11) is 0. The molecule has 4 heteroatoms. The monoisotopic (exact) mass is 244 g/mol. The van der Waals surface area contributed by atoms with Crippen LogP contribution in [0.4, 0.5) is 0 Å². The van der Waals surface area contributed by atoms with Crippen LogP contribution in [0.2, 0.25) is 0 Å². The predicted octanol–water partition coefficient (Wildman–Crippen LogP) is 1.90. The summed E-state index contributed by atoms with van der Waals surface area (Å²) in [4.78, 5) is 11.8. The molecule has 0 aromatic heterocycles. The van der Waals surface area contributed by atoms with Crippen molar-refractivity contribution in [1.82, 2.24) is 0 Å². The lowest BCUT2D eigenvalue weighted by atomic mass is 9.91. The smallest absolute Gasteiger partial charge is 0.311 e. The minimum Gasteiger partial charge on any atom is -0.466 e. The third-order valence-corrected chi connectivity index (χ3v) is 3.22. The van der Waals surface area contributed by atoms with E-state index in [2.05, 4.69) is 6.92 Å². The topological polar surface area (TPSA) is 55.8 Å². The molecule has 1 saturated heterocycles. The molecular formula is C13H24O4. The lowest BCUT2D eigenvalue weighted by Crippen LogP contribution is -2.38. The van der Waals surface area contributed by atoms with E-state index in [1.165, 1.54) is 0 Å². The largest absolute Gasteiger partial charge is 0.466 e. The van der Waals surface area contributed by atoms with Crippen molar-refractivity contribution in [2.45, 2.75) is 58.2 Å². The molecule has 0 aliphatic carbocycles. The second-order valence-corrected chi connectivity index (χ2v) is 4.54. The second-order valence-electron chi connectivity index (χ2n) is 4.54. The fourth-order valence-electron chi connectivity index (χ4n) is 2.23. The van der Waals surface area contributed by atoms with Crippen LogP contribution in [0.5, 0.6) is 0 Å². The van der Waals surface area contributed by atoms with E-state index in [9.17, 15) is 9.90 Å². The predicted molar refractivity (Wildman–Crippen MR) is 64.6 cm³/mol. The first-order valence-electron chi connectivity index (χ1n) is 6.67. The highest BCUT2D eigenvalue weighted by Crippen LogP contribution is 2.25. The quantitative estimate of drug-likeness (QED) is 0.695. The summed E-state index contributed by atoms with van der Waals surface area (Å²) in [6.45, 7) is 4.90. The van der Waals surface area contributed by atoms with Gasteiger partial charge in [0.1, 0.15) is 0 Å². The molecule has 1 fully saturated rings. The fourth-order valence-corrected chi connectivity index (χ4v) is 2.23. The second kappa shape index (κ2) is 7.67. The van der Waals surface area contributed by atoms with Gasteiger partial charge >= 0.3 is 5.97 Å². The highest BCUT2D eigenvalue weighted by Gasteiger charge is 2.35. The number of aliphatic hydroxyl groups is 1. The zero-order chi connectivity index (χ0) is 12.7. The number of rotatable bonds is 7. The molecule has 1 aliphatic rings. The minimum absolute atomic E-state index is 0.193. The van der Waals surface area contributed by atoms with Crippen molar-refractivity contribution in [2.75, 3.05) is 13.2 Å². The lowest BCUT2D eigenvalue weighted by Gasteiger charge is -2.25. The summed E-state index contributed by atoms with van der Waals surface area (Å²) in [5, 5.41) is 10.2. The first kappa shape index (κ1) is 14.5. The molecule has 1 N–H and O–H groups in total. The Balaban J connectivity index is 2.56. The van der Waals surface area contributed by atoms with Crippen LogP contribution in [0.15, 0.2) is 0 Å². The first-order chi connectivity index (χ1) is 8.20. The summed E-state index contributed by atoms with van der Waals surface area (Å²) >= 11 is 0. The Bertz CT molecular complexity index is 223. The van der Waals surface area contributed by atoms with Gasteiger partial charge in [-0.2, -0.15) is 0 Å². The fraction of sp³-hybridized carbons (Fsp3) is 0.923. The van der Waals surface area contributed by atoms with Gasteiger partial charge in [0, 0.05) is 6.61 Å². The van der Waals surface area contributed by atoms with E-state index in [4.69, 9.17) is 9.47 Å². The molecule has 0 aromatic rings.